The molecule has 37 heavy (non-hydrogen) atoms. The van der Waals surface area contributed by atoms with Crippen molar-refractivity contribution in [2.24, 2.45) is 5.92 Å². The molecule has 0 atom stereocenters. The van der Waals surface area contributed by atoms with Gasteiger partial charge in [-0.2, -0.15) is 8.78 Å². The first-order valence-electron chi connectivity index (χ1n) is 10.7. The molecule has 3 aromatic carbocycles. The zero-order chi connectivity index (χ0) is 26.9. The van der Waals surface area contributed by atoms with E-state index in [9.17, 15) is 35.1 Å². The maximum Gasteiger partial charge on any atom is 0.432 e. The van der Waals surface area contributed by atoms with Crippen LogP contribution in [0.25, 0.3) is 11.1 Å². The Bertz CT molecular complexity index is 1250. The first-order chi connectivity index (χ1) is 17.5. The van der Waals surface area contributed by atoms with Gasteiger partial charge >= 0.3 is 6.11 Å². The fourth-order valence-electron chi connectivity index (χ4n) is 3.78. The van der Waals surface area contributed by atoms with E-state index in [0.29, 0.717) is 36.9 Å². The van der Waals surface area contributed by atoms with Crippen molar-refractivity contribution in [2.45, 2.75) is 12.4 Å². The molecule has 1 aliphatic rings. The van der Waals surface area contributed by atoms with Crippen LogP contribution in [0, 0.1) is 40.8 Å². The lowest BCUT2D eigenvalue weighted by Crippen LogP contribution is -2.30. The third-order valence-electron chi connectivity index (χ3n) is 5.48. The van der Waals surface area contributed by atoms with Crippen LogP contribution in [0.5, 0.6) is 5.75 Å². The molecule has 1 fully saturated rings. The summed E-state index contributed by atoms with van der Waals surface area (Å²) < 4.78 is 133. The van der Waals surface area contributed by atoms with E-state index in [-0.39, 0.29) is 24.7 Å². The molecule has 198 valence electrons. The molecule has 4 rings (SSSR count). The Hall–Kier alpha value is -3.22. The lowest BCUT2D eigenvalue weighted by Gasteiger charge is -2.29. The summed E-state index contributed by atoms with van der Waals surface area (Å²) in [7, 11) is 1.48. The van der Waals surface area contributed by atoms with Gasteiger partial charge in [-0.3, -0.25) is 0 Å². The zero-order valence-corrected chi connectivity index (χ0v) is 19.0. The molecule has 12 heteroatoms. The van der Waals surface area contributed by atoms with Crippen molar-refractivity contribution in [2.75, 3.05) is 26.9 Å². The quantitative estimate of drug-likeness (QED) is 0.252. The maximum atomic E-state index is 14.7. The smallest absolute Gasteiger partial charge is 0.429 e. The minimum Gasteiger partial charge on any atom is -0.429 e. The summed E-state index contributed by atoms with van der Waals surface area (Å²) in [5.41, 5.74) is -2.80. The van der Waals surface area contributed by atoms with Gasteiger partial charge in [-0.05, 0) is 42.0 Å². The Balaban J connectivity index is 1.54. The van der Waals surface area contributed by atoms with Gasteiger partial charge in [-0.25, -0.2) is 26.3 Å². The van der Waals surface area contributed by atoms with Crippen LogP contribution in [0.4, 0.5) is 35.1 Å². The third-order valence-corrected chi connectivity index (χ3v) is 5.48. The van der Waals surface area contributed by atoms with Gasteiger partial charge in [0.1, 0.15) is 28.8 Å². The molecule has 0 N–H and O–H groups in total. The molecule has 0 aromatic heterocycles. The van der Waals surface area contributed by atoms with Crippen LogP contribution in [0.1, 0.15) is 17.4 Å². The van der Waals surface area contributed by atoms with Gasteiger partial charge in [0.15, 0.2) is 23.7 Å². The fourth-order valence-corrected chi connectivity index (χ4v) is 3.78. The van der Waals surface area contributed by atoms with Crippen molar-refractivity contribution in [3.05, 3.63) is 88.5 Å². The Morgan fingerprint density at radius 3 is 1.95 bits per heavy atom. The number of hydrogen-bond donors (Lipinski definition) is 0. The average molecular weight is 534 g/mol. The monoisotopic (exact) mass is 534 g/mol. The lowest BCUT2D eigenvalue weighted by molar-refractivity contribution is -0.211. The van der Waals surface area contributed by atoms with Crippen LogP contribution in [-0.2, 0) is 20.3 Å². The molecule has 0 unspecified atom stereocenters. The van der Waals surface area contributed by atoms with Crippen molar-refractivity contribution in [3.63, 3.8) is 0 Å². The number of hydrogen-bond acceptors (Lipinski definition) is 4. The molecule has 3 aromatic rings. The highest BCUT2D eigenvalue weighted by Crippen LogP contribution is 2.38. The highest BCUT2D eigenvalue weighted by molar-refractivity contribution is 5.65. The molecule has 0 saturated carbocycles. The molecule has 1 aliphatic heterocycles. The maximum absolute atomic E-state index is 14.7. The molecule has 4 nitrogen and oxygen atoms in total. The second kappa shape index (κ2) is 10.6. The Kier molecular flexibility index (Phi) is 7.72. The zero-order valence-electron chi connectivity index (χ0n) is 19.0. The standard InChI is InChI=1S/C25H18F8O4/c1-34-9-12-10-35-24(36-11-12)14-6-18(27)22(19(28)7-14)25(32,33)37-15-2-3-16(17(26)8-15)13-4-20(29)23(31)21(30)5-13/h2-8,12,24H,9-11H2,1H3. The number of alkyl halides is 2. The van der Waals surface area contributed by atoms with Crippen LogP contribution in [0.3, 0.4) is 0 Å². The van der Waals surface area contributed by atoms with Gasteiger partial charge < -0.3 is 18.9 Å². The van der Waals surface area contributed by atoms with E-state index >= 15 is 0 Å². The van der Waals surface area contributed by atoms with Gasteiger partial charge in [0.05, 0.1) is 19.8 Å². The van der Waals surface area contributed by atoms with Crippen LogP contribution in [-0.4, -0.2) is 26.9 Å². The molecule has 1 heterocycles. The van der Waals surface area contributed by atoms with E-state index in [1.807, 2.05) is 0 Å². The van der Waals surface area contributed by atoms with E-state index in [1.165, 1.54) is 7.11 Å². The van der Waals surface area contributed by atoms with Crippen LogP contribution in [0.2, 0.25) is 0 Å². The summed E-state index contributed by atoms with van der Waals surface area (Å²) in [6.45, 7) is 0.639. The Morgan fingerprint density at radius 2 is 1.41 bits per heavy atom. The highest BCUT2D eigenvalue weighted by atomic mass is 19.3. The van der Waals surface area contributed by atoms with Crippen molar-refractivity contribution in [1.29, 1.82) is 0 Å². The molecule has 0 amide bonds. The number of halogens is 8. The van der Waals surface area contributed by atoms with Gasteiger partial charge in [0.25, 0.3) is 0 Å². The largest absolute Gasteiger partial charge is 0.432 e. The first-order valence-corrected chi connectivity index (χ1v) is 10.7. The average Bonchev–Trinajstić information content (AvgIpc) is 2.82. The van der Waals surface area contributed by atoms with Crippen molar-refractivity contribution < 1.29 is 54.1 Å². The molecular formula is C25H18F8O4. The minimum absolute atomic E-state index is 0.110. The molecule has 0 bridgehead atoms. The van der Waals surface area contributed by atoms with E-state index in [1.54, 1.807) is 0 Å². The predicted octanol–water partition coefficient (Wildman–Crippen LogP) is 6.62. The Labute approximate surface area is 205 Å². The molecule has 0 aliphatic carbocycles. The lowest BCUT2D eigenvalue weighted by atomic mass is 10.0. The van der Waals surface area contributed by atoms with Gasteiger partial charge in [-0.1, -0.05) is 0 Å². The highest BCUT2D eigenvalue weighted by Gasteiger charge is 2.42. The minimum atomic E-state index is -4.59. The number of benzene rings is 3. The second-order valence-corrected chi connectivity index (χ2v) is 8.19. The number of methoxy groups -OCH3 is 1. The van der Waals surface area contributed by atoms with Crippen LogP contribution >= 0.6 is 0 Å². The van der Waals surface area contributed by atoms with Crippen molar-refractivity contribution in [3.8, 4) is 16.9 Å². The number of ether oxygens (including phenoxy) is 4. The molecule has 0 spiro atoms. The van der Waals surface area contributed by atoms with Crippen molar-refractivity contribution in [1.82, 2.24) is 0 Å². The summed E-state index contributed by atoms with van der Waals surface area (Å²) >= 11 is 0. The summed E-state index contributed by atoms with van der Waals surface area (Å²) in [4.78, 5) is 0. The van der Waals surface area contributed by atoms with E-state index in [0.717, 1.165) is 12.1 Å². The van der Waals surface area contributed by atoms with Crippen LogP contribution in [0.15, 0.2) is 42.5 Å². The Morgan fingerprint density at radius 1 is 0.811 bits per heavy atom. The van der Waals surface area contributed by atoms with E-state index in [2.05, 4.69) is 4.74 Å². The molecule has 1 saturated heterocycles. The van der Waals surface area contributed by atoms with E-state index < -0.39 is 69.7 Å². The van der Waals surface area contributed by atoms with Gasteiger partial charge in [0, 0.05) is 30.2 Å². The summed E-state index contributed by atoms with van der Waals surface area (Å²) in [6, 6.07) is 4.28. The number of rotatable bonds is 7. The van der Waals surface area contributed by atoms with Gasteiger partial charge in [0.2, 0.25) is 0 Å². The van der Waals surface area contributed by atoms with Crippen molar-refractivity contribution >= 4 is 0 Å². The normalized spacial score (nSPS) is 18.2. The SMILES string of the molecule is COCC1COC(c2cc(F)c(C(F)(F)Oc3ccc(-c4cc(F)c(F)c(F)c4)c(F)c3)c(F)c2)OC1. The third kappa shape index (κ3) is 5.71. The van der Waals surface area contributed by atoms with Gasteiger partial charge in [-0.15, -0.1) is 0 Å². The fraction of sp³-hybridized carbons (Fsp3) is 0.280. The first kappa shape index (κ1) is 26.8. The summed E-state index contributed by atoms with van der Waals surface area (Å²) in [6.07, 6.45) is -5.78. The summed E-state index contributed by atoms with van der Waals surface area (Å²) in [5.74, 6) is -10.5. The summed E-state index contributed by atoms with van der Waals surface area (Å²) in [5, 5.41) is 0. The topological polar surface area (TPSA) is 36.9 Å². The van der Waals surface area contributed by atoms with Crippen LogP contribution < -0.4 is 4.74 Å². The molecular weight excluding hydrogens is 516 g/mol. The molecule has 0 radical (unpaired) electrons. The van der Waals surface area contributed by atoms with E-state index in [4.69, 9.17) is 14.2 Å². The second-order valence-electron chi connectivity index (χ2n) is 8.19. The predicted molar refractivity (Wildman–Crippen MR) is 113 cm³/mol.